The molecular formula is C19H21F3N2O3. The molecule has 4 rings (SSSR count). The van der Waals surface area contributed by atoms with Gasteiger partial charge in [-0.3, -0.25) is 9.59 Å². The third kappa shape index (κ3) is 3.09. The van der Waals surface area contributed by atoms with Crippen LogP contribution in [0.3, 0.4) is 0 Å². The number of alkyl halides is 2. The number of rotatable bonds is 5. The molecule has 0 unspecified atom stereocenters. The third-order valence-electron chi connectivity index (χ3n) is 5.74. The van der Waals surface area contributed by atoms with E-state index in [0.717, 1.165) is 17.7 Å². The first-order chi connectivity index (χ1) is 12.7. The van der Waals surface area contributed by atoms with Crippen LogP contribution in [0.5, 0.6) is 0 Å². The molecule has 5 nitrogen and oxygen atoms in total. The number of hydrogen-bond donors (Lipinski definition) is 1. The van der Waals surface area contributed by atoms with Gasteiger partial charge in [0.05, 0.1) is 19.6 Å². The summed E-state index contributed by atoms with van der Waals surface area (Å²) in [4.78, 5) is 27.0. The Kier molecular flexibility index (Phi) is 4.21. The van der Waals surface area contributed by atoms with Crippen LogP contribution in [-0.2, 0) is 16.0 Å². The molecule has 3 atom stereocenters. The first-order valence-electron chi connectivity index (χ1n) is 9.10. The largest absolute Gasteiger partial charge is 0.383 e. The minimum Gasteiger partial charge on any atom is -0.383 e. The zero-order valence-corrected chi connectivity index (χ0v) is 14.7. The molecule has 1 N–H and O–H groups in total. The first kappa shape index (κ1) is 18.3. The Hall–Kier alpha value is -2.09. The second-order valence-electron chi connectivity index (χ2n) is 7.94. The van der Waals surface area contributed by atoms with Crippen molar-refractivity contribution in [2.45, 2.75) is 36.7 Å². The zero-order valence-electron chi connectivity index (χ0n) is 14.7. The lowest BCUT2D eigenvalue weighted by Crippen LogP contribution is -2.48. The molecular weight excluding hydrogens is 361 g/mol. The molecule has 3 aliphatic rings. The highest BCUT2D eigenvalue weighted by Gasteiger charge is 2.72. The average molecular weight is 382 g/mol. The summed E-state index contributed by atoms with van der Waals surface area (Å²) in [5.41, 5.74) is -4.69. The molecule has 1 aromatic carbocycles. The van der Waals surface area contributed by atoms with E-state index in [9.17, 15) is 19.1 Å². The Bertz CT molecular complexity index is 770. The lowest BCUT2D eigenvalue weighted by Gasteiger charge is -2.24. The number of aliphatic hydroxyl groups is 1. The Balaban J connectivity index is 1.43. The molecule has 0 radical (unpaired) electrons. The van der Waals surface area contributed by atoms with Gasteiger partial charge in [0.1, 0.15) is 11.9 Å². The van der Waals surface area contributed by atoms with Crippen molar-refractivity contribution in [1.82, 2.24) is 9.80 Å². The first-order valence-corrected chi connectivity index (χ1v) is 9.10. The summed E-state index contributed by atoms with van der Waals surface area (Å²) in [7, 11) is 0. The van der Waals surface area contributed by atoms with E-state index in [2.05, 4.69) is 0 Å². The highest BCUT2D eigenvalue weighted by atomic mass is 19.2. The highest BCUT2D eigenvalue weighted by Crippen LogP contribution is 2.46. The van der Waals surface area contributed by atoms with Gasteiger partial charge in [0.15, 0.2) is 5.67 Å². The topological polar surface area (TPSA) is 60.9 Å². The molecule has 0 spiro atoms. The highest BCUT2D eigenvalue weighted by molar-refractivity contribution is 5.93. The molecule has 27 heavy (non-hydrogen) atoms. The number of fused-ring (bicyclic) bond motifs is 1. The van der Waals surface area contributed by atoms with E-state index >= 15 is 8.78 Å². The van der Waals surface area contributed by atoms with Crippen LogP contribution in [0.1, 0.15) is 18.4 Å². The summed E-state index contributed by atoms with van der Waals surface area (Å²) in [6, 6.07) is 5.26. The van der Waals surface area contributed by atoms with Crippen LogP contribution in [0.2, 0.25) is 0 Å². The minimum absolute atomic E-state index is 0.101. The van der Waals surface area contributed by atoms with Crippen molar-refractivity contribution < 1.29 is 27.9 Å². The fraction of sp³-hybridized carbons (Fsp3) is 0.579. The summed E-state index contributed by atoms with van der Waals surface area (Å²) in [5.74, 6) is -1.86. The van der Waals surface area contributed by atoms with Crippen molar-refractivity contribution in [2.24, 2.45) is 5.92 Å². The van der Waals surface area contributed by atoms with E-state index in [0.29, 0.717) is 18.0 Å². The molecule has 2 heterocycles. The van der Waals surface area contributed by atoms with Crippen molar-refractivity contribution in [2.75, 3.05) is 26.2 Å². The maximum absolute atomic E-state index is 15.3. The Morgan fingerprint density at radius 1 is 1.19 bits per heavy atom. The van der Waals surface area contributed by atoms with Gasteiger partial charge in [-0.1, -0.05) is 12.1 Å². The van der Waals surface area contributed by atoms with Crippen LogP contribution in [0.15, 0.2) is 24.3 Å². The number of likely N-dealkylation sites (tertiary alicyclic amines) is 2. The van der Waals surface area contributed by atoms with E-state index in [1.54, 1.807) is 0 Å². The van der Waals surface area contributed by atoms with Gasteiger partial charge in [-0.15, -0.1) is 0 Å². The summed E-state index contributed by atoms with van der Waals surface area (Å²) in [5, 5.41) is 10.2. The number of hydrogen-bond acceptors (Lipinski definition) is 3. The summed E-state index contributed by atoms with van der Waals surface area (Å²) in [6.07, 6.45) is 0.306. The lowest BCUT2D eigenvalue weighted by molar-refractivity contribution is -0.142. The normalized spacial score (nSPS) is 31.3. The molecule has 2 amide bonds. The number of carbonyl (C=O) groups excluding carboxylic acids is 2. The summed E-state index contributed by atoms with van der Waals surface area (Å²) < 4.78 is 43.4. The number of aliphatic hydroxyl groups excluding tert-OH is 1. The maximum atomic E-state index is 15.3. The minimum atomic E-state index is -2.76. The summed E-state index contributed by atoms with van der Waals surface area (Å²) >= 11 is 0. The maximum Gasteiger partial charge on any atom is 0.265 e. The zero-order chi connectivity index (χ0) is 19.4. The van der Waals surface area contributed by atoms with Crippen LogP contribution in [-0.4, -0.2) is 70.3 Å². The van der Waals surface area contributed by atoms with Gasteiger partial charge in [-0.2, -0.15) is 0 Å². The van der Waals surface area contributed by atoms with Gasteiger partial charge >= 0.3 is 0 Å². The molecule has 0 bridgehead atoms. The third-order valence-corrected chi connectivity index (χ3v) is 5.74. The van der Waals surface area contributed by atoms with E-state index in [-0.39, 0.29) is 13.0 Å². The molecule has 1 saturated carbocycles. The fourth-order valence-electron chi connectivity index (χ4n) is 4.01. The molecule has 146 valence electrons. The molecule has 8 heteroatoms. The Labute approximate surface area is 154 Å². The van der Waals surface area contributed by atoms with Crippen LogP contribution in [0, 0.1) is 11.7 Å². The van der Waals surface area contributed by atoms with E-state index in [1.807, 2.05) is 0 Å². The van der Waals surface area contributed by atoms with Gasteiger partial charge in [0, 0.05) is 13.0 Å². The Morgan fingerprint density at radius 3 is 2.44 bits per heavy atom. The van der Waals surface area contributed by atoms with Crippen molar-refractivity contribution >= 4 is 11.8 Å². The molecule has 2 aliphatic heterocycles. The number of benzene rings is 1. The standard InChI is InChI=1S/C19H21F3N2O3/c20-14-5-3-12(4-6-14)7-15(25)16(26)24-10-18(21)9-23(8-13-1-2-13)17(27)19(18,22)11-24/h3-6,13,15,25H,1-2,7-11H2/t15-,18-,19-/m1/s1. The van der Waals surface area contributed by atoms with Gasteiger partial charge in [-0.25, -0.2) is 13.2 Å². The van der Waals surface area contributed by atoms with Crippen molar-refractivity contribution in [1.29, 1.82) is 0 Å². The SMILES string of the molecule is O=C([C@H](O)Cc1ccc(F)cc1)N1C[C@]2(F)CN(CC3CC3)C(=O)[C@]2(F)C1. The molecule has 0 aromatic heterocycles. The summed E-state index contributed by atoms with van der Waals surface area (Å²) in [6.45, 7) is -1.26. The van der Waals surface area contributed by atoms with Crippen molar-refractivity contribution in [3.8, 4) is 0 Å². The van der Waals surface area contributed by atoms with E-state index < -0.39 is 48.2 Å². The van der Waals surface area contributed by atoms with Crippen molar-refractivity contribution in [3.05, 3.63) is 35.6 Å². The quantitative estimate of drug-likeness (QED) is 0.834. The second-order valence-corrected chi connectivity index (χ2v) is 7.94. The number of amides is 2. The average Bonchev–Trinajstić information content (AvgIpc) is 3.36. The molecule has 2 saturated heterocycles. The van der Waals surface area contributed by atoms with E-state index in [4.69, 9.17) is 0 Å². The van der Waals surface area contributed by atoms with Crippen LogP contribution in [0.25, 0.3) is 0 Å². The molecule has 1 aromatic rings. The van der Waals surface area contributed by atoms with Gasteiger partial charge < -0.3 is 14.9 Å². The molecule has 1 aliphatic carbocycles. The number of halogens is 3. The van der Waals surface area contributed by atoms with Crippen LogP contribution in [0.4, 0.5) is 13.2 Å². The van der Waals surface area contributed by atoms with Crippen LogP contribution >= 0.6 is 0 Å². The second kappa shape index (κ2) is 6.22. The van der Waals surface area contributed by atoms with Gasteiger partial charge in [0.25, 0.3) is 11.8 Å². The predicted molar refractivity (Wildman–Crippen MR) is 89.7 cm³/mol. The fourth-order valence-corrected chi connectivity index (χ4v) is 4.01. The predicted octanol–water partition coefficient (Wildman–Crippen LogP) is 1.24. The smallest absolute Gasteiger partial charge is 0.265 e. The number of carbonyl (C=O) groups is 2. The van der Waals surface area contributed by atoms with Gasteiger partial charge in [0.2, 0.25) is 5.67 Å². The van der Waals surface area contributed by atoms with Crippen molar-refractivity contribution in [3.63, 3.8) is 0 Å². The monoisotopic (exact) mass is 382 g/mol. The van der Waals surface area contributed by atoms with Gasteiger partial charge in [-0.05, 0) is 36.5 Å². The number of nitrogens with zero attached hydrogens (tertiary/aromatic N) is 2. The van der Waals surface area contributed by atoms with E-state index in [1.165, 1.54) is 29.2 Å². The lowest BCUT2D eigenvalue weighted by atomic mass is 9.93. The Morgan fingerprint density at radius 2 is 1.85 bits per heavy atom. The van der Waals surface area contributed by atoms with Crippen LogP contribution < -0.4 is 0 Å². The molecule has 3 fully saturated rings.